The van der Waals surface area contributed by atoms with Gasteiger partial charge in [-0.15, -0.1) is 0 Å². The first-order valence-corrected chi connectivity index (χ1v) is 6.42. The fourth-order valence-corrected chi connectivity index (χ4v) is 2.46. The first-order valence-electron chi connectivity index (χ1n) is 5.63. The van der Waals surface area contributed by atoms with Crippen LogP contribution in [0.4, 0.5) is 8.78 Å². The highest BCUT2D eigenvalue weighted by Crippen LogP contribution is 2.21. The standard InChI is InChI=1S/C12H13BrF2N2O/c1-17(8-2-3-16-6-8)12(18)11-9(14)4-7(13)5-10(11)15/h4-5,8,16H,2-3,6H2,1H3. The molecule has 1 aromatic rings. The summed E-state index contributed by atoms with van der Waals surface area (Å²) in [5, 5.41) is 3.11. The van der Waals surface area contributed by atoms with Crippen LogP contribution >= 0.6 is 15.9 Å². The molecule has 1 N–H and O–H groups in total. The number of nitrogens with zero attached hydrogens (tertiary/aromatic N) is 1. The Bertz CT molecular complexity index is 452. The zero-order valence-electron chi connectivity index (χ0n) is 9.84. The summed E-state index contributed by atoms with van der Waals surface area (Å²) >= 11 is 2.98. The van der Waals surface area contributed by atoms with Gasteiger partial charge in [0.25, 0.3) is 5.91 Å². The number of nitrogens with one attached hydrogen (secondary N) is 1. The Hall–Kier alpha value is -1.01. The smallest absolute Gasteiger partial charge is 0.259 e. The summed E-state index contributed by atoms with van der Waals surface area (Å²) in [4.78, 5) is 13.5. The minimum atomic E-state index is -0.843. The Labute approximate surface area is 112 Å². The van der Waals surface area contributed by atoms with Crippen LogP contribution in [-0.2, 0) is 0 Å². The number of hydrogen-bond donors (Lipinski definition) is 1. The Kier molecular flexibility index (Phi) is 3.97. The van der Waals surface area contributed by atoms with Crippen molar-refractivity contribution in [3.8, 4) is 0 Å². The van der Waals surface area contributed by atoms with Gasteiger partial charge >= 0.3 is 0 Å². The van der Waals surface area contributed by atoms with Crippen LogP contribution in [0, 0.1) is 11.6 Å². The maximum Gasteiger partial charge on any atom is 0.259 e. The SMILES string of the molecule is CN(C(=O)c1c(F)cc(Br)cc1F)C1CCNC1. The minimum Gasteiger partial charge on any atom is -0.337 e. The van der Waals surface area contributed by atoms with E-state index in [1.165, 1.54) is 4.90 Å². The lowest BCUT2D eigenvalue weighted by atomic mass is 10.1. The number of rotatable bonds is 2. The molecule has 2 rings (SSSR count). The van der Waals surface area contributed by atoms with Crippen molar-refractivity contribution in [1.29, 1.82) is 0 Å². The lowest BCUT2D eigenvalue weighted by Gasteiger charge is -2.24. The van der Waals surface area contributed by atoms with Crippen molar-refractivity contribution in [3.05, 3.63) is 33.8 Å². The Morgan fingerprint density at radius 1 is 1.44 bits per heavy atom. The second kappa shape index (κ2) is 5.32. The van der Waals surface area contributed by atoms with Gasteiger partial charge in [-0.1, -0.05) is 15.9 Å². The molecule has 0 aromatic heterocycles. The van der Waals surface area contributed by atoms with Gasteiger partial charge in [0.2, 0.25) is 0 Å². The molecule has 1 aliphatic heterocycles. The minimum absolute atomic E-state index is 0.0139. The average Bonchev–Trinajstić information content (AvgIpc) is 2.79. The van der Waals surface area contributed by atoms with Crippen molar-refractivity contribution >= 4 is 21.8 Å². The lowest BCUT2D eigenvalue weighted by Crippen LogP contribution is -2.39. The van der Waals surface area contributed by atoms with Gasteiger partial charge in [0.1, 0.15) is 17.2 Å². The van der Waals surface area contributed by atoms with E-state index >= 15 is 0 Å². The van der Waals surface area contributed by atoms with E-state index in [0.29, 0.717) is 6.54 Å². The summed E-state index contributed by atoms with van der Waals surface area (Å²) in [6, 6.07) is 2.17. The van der Waals surface area contributed by atoms with Crippen LogP contribution in [-0.4, -0.2) is 37.0 Å². The molecule has 3 nitrogen and oxygen atoms in total. The normalized spacial score (nSPS) is 19.0. The van der Waals surface area contributed by atoms with Crippen LogP contribution < -0.4 is 5.32 Å². The third-order valence-corrected chi connectivity index (χ3v) is 3.58. The lowest BCUT2D eigenvalue weighted by molar-refractivity contribution is 0.0734. The van der Waals surface area contributed by atoms with Crippen molar-refractivity contribution in [2.24, 2.45) is 0 Å². The molecule has 1 atom stereocenters. The molecule has 1 aromatic carbocycles. The third kappa shape index (κ3) is 2.54. The summed E-state index contributed by atoms with van der Waals surface area (Å²) in [5.41, 5.74) is -0.493. The van der Waals surface area contributed by atoms with Gasteiger partial charge in [-0.2, -0.15) is 0 Å². The van der Waals surface area contributed by atoms with E-state index in [1.807, 2.05) is 0 Å². The van der Waals surface area contributed by atoms with Crippen molar-refractivity contribution in [3.63, 3.8) is 0 Å². The molecule has 98 valence electrons. The number of halogens is 3. The number of carbonyl (C=O) groups is 1. The van der Waals surface area contributed by atoms with Crippen molar-refractivity contribution in [2.75, 3.05) is 20.1 Å². The maximum atomic E-state index is 13.7. The molecule has 0 bridgehead atoms. The number of benzene rings is 1. The number of amides is 1. The van der Waals surface area contributed by atoms with Crippen LogP contribution in [0.15, 0.2) is 16.6 Å². The molecule has 1 saturated heterocycles. The average molecular weight is 319 g/mol. The van der Waals surface area contributed by atoms with Crippen molar-refractivity contribution < 1.29 is 13.6 Å². The summed E-state index contributed by atoms with van der Waals surface area (Å²) in [5.74, 6) is -2.31. The van der Waals surface area contributed by atoms with E-state index < -0.39 is 23.1 Å². The molecular formula is C12H13BrF2N2O. The quantitative estimate of drug-likeness (QED) is 0.906. The van der Waals surface area contributed by atoms with Crippen molar-refractivity contribution in [2.45, 2.75) is 12.5 Å². The highest BCUT2D eigenvalue weighted by atomic mass is 79.9. The Balaban J connectivity index is 2.28. The second-order valence-electron chi connectivity index (χ2n) is 4.31. The largest absolute Gasteiger partial charge is 0.337 e. The maximum absolute atomic E-state index is 13.7. The molecule has 0 radical (unpaired) electrons. The Morgan fingerprint density at radius 2 is 2.06 bits per heavy atom. The van der Waals surface area contributed by atoms with Gasteiger partial charge in [-0.3, -0.25) is 4.79 Å². The summed E-state index contributed by atoms with van der Waals surface area (Å²) in [6.45, 7) is 1.47. The van der Waals surface area contributed by atoms with E-state index in [0.717, 1.165) is 25.1 Å². The highest BCUT2D eigenvalue weighted by molar-refractivity contribution is 9.10. The van der Waals surface area contributed by atoms with Crippen LogP contribution in [0.3, 0.4) is 0 Å². The molecule has 0 spiro atoms. The summed E-state index contributed by atoms with van der Waals surface area (Å²) in [6.07, 6.45) is 0.794. The fraction of sp³-hybridized carbons (Fsp3) is 0.417. The molecule has 6 heteroatoms. The van der Waals surface area contributed by atoms with Crippen LogP contribution in [0.1, 0.15) is 16.8 Å². The van der Waals surface area contributed by atoms with Crippen LogP contribution in [0.5, 0.6) is 0 Å². The van der Waals surface area contributed by atoms with Crippen LogP contribution in [0.2, 0.25) is 0 Å². The van der Waals surface area contributed by atoms with Gasteiger partial charge in [-0.25, -0.2) is 8.78 Å². The predicted octanol–water partition coefficient (Wildman–Crippen LogP) is 2.16. The van der Waals surface area contributed by atoms with E-state index in [1.54, 1.807) is 7.05 Å². The molecule has 1 amide bonds. The summed E-state index contributed by atoms with van der Waals surface area (Å²) in [7, 11) is 1.57. The number of likely N-dealkylation sites (N-methyl/N-ethyl adjacent to an activating group) is 1. The molecule has 1 fully saturated rings. The van der Waals surface area contributed by atoms with E-state index in [2.05, 4.69) is 21.2 Å². The molecule has 1 unspecified atom stereocenters. The topological polar surface area (TPSA) is 32.3 Å². The fourth-order valence-electron chi connectivity index (χ4n) is 2.06. The highest BCUT2D eigenvalue weighted by Gasteiger charge is 2.28. The zero-order chi connectivity index (χ0) is 13.3. The molecule has 18 heavy (non-hydrogen) atoms. The van der Waals surface area contributed by atoms with E-state index in [-0.39, 0.29) is 10.5 Å². The number of carbonyl (C=O) groups excluding carboxylic acids is 1. The van der Waals surface area contributed by atoms with E-state index in [9.17, 15) is 13.6 Å². The molecule has 1 heterocycles. The Morgan fingerprint density at radius 3 is 2.56 bits per heavy atom. The molecule has 1 aliphatic rings. The monoisotopic (exact) mass is 318 g/mol. The zero-order valence-corrected chi connectivity index (χ0v) is 11.4. The molecular weight excluding hydrogens is 306 g/mol. The van der Waals surface area contributed by atoms with Gasteiger partial charge in [0.15, 0.2) is 0 Å². The molecule has 0 saturated carbocycles. The number of hydrogen-bond acceptors (Lipinski definition) is 2. The second-order valence-corrected chi connectivity index (χ2v) is 5.22. The van der Waals surface area contributed by atoms with Crippen LogP contribution in [0.25, 0.3) is 0 Å². The van der Waals surface area contributed by atoms with Gasteiger partial charge < -0.3 is 10.2 Å². The first-order chi connectivity index (χ1) is 8.50. The van der Waals surface area contributed by atoms with Gasteiger partial charge in [-0.05, 0) is 25.1 Å². The van der Waals surface area contributed by atoms with Gasteiger partial charge in [0.05, 0.1) is 0 Å². The van der Waals surface area contributed by atoms with Crippen molar-refractivity contribution in [1.82, 2.24) is 10.2 Å². The first kappa shape index (κ1) is 13.4. The molecule has 0 aliphatic carbocycles. The van der Waals surface area contributed by atoms with Gasteiger partial charge in [0, 0.05) is 24.1 Å². The third-order valence-electron chi connectivity index (χ3n) is 3.12. The van der Waals surface area contributed by atoms with E-state index in [4.69, 9.17) is 0 Å². The summed E-state index contributed by atoms with van der Waals surface area (Å²) < 4.78 is 27.6. The predicted molar refractivity (Wildman–Crippen MR) is 67.4 cm³/mol.